The van der Waals surface area contributed by atoms with Crippen LogP contribution >= 0.6 is 0 Å². The lowest BCUT2D eigenvalue weighted by Gasteiger charge is -1.98. The Bertz CT molecular complexity index is 186. The van der Waals surface area contributed by atoms with Crippen LogP contribution in [0.4, 0.5) is 0 Å². The molecule has 0 amide bonds. The Morgan fingerprint density at radius 1 is 1.64 bits per heavy atom. The second-order valence-electron chi connectivity index (χ2n) is 3.74. The second kappa shape index (κ2) is 3.25. The van der Waals surface area contributed by atoms with Crippen LogP contribution in [0.5, 0.6) is 0 Å². The van der Waals surface area contributed by atoms with E-state index in [1.807, 2.05) is 0 Å². The van der Waals surface area contributed by atoms with E-state index in [2.05, 4.69) is 33.4 Å². The van der Waals surface area contributed by atoms with Crippen molar-refractivity contribution in [3.8, 4) is 0 Å². The van der Waals surface area contributed by atoms with Gasteiger partial charge in [0.25, 0.3) is 0 Å². The summed E-state index contributed by atoms with van der Waals surface area (Å²) in [5.41, 5.74) is 2.80. The van der Waals surface area contributed by atoms with Crippen molar-refractivity contribution >= 4 is 0 Å². The van der Waals surface area contributed by atoms with E-state index >= 15 is 0 Å². The van der Waals surface area contributed by atoms with Gasteiger partial charge in [-0.2, -0.15) is 0 Å². The molecule has 1 saturated carbocycles. The number of rotatable bonds is 3. The molecule has 1 aliphatic carbocycles. The van der Waals surface area contributed by atoms with Crippen LogP contribution < -0.4 is 0 Å². The molecular weight excluding hydrogens is 132 g/mol. The van der Waals surface area contributed by atoms with Crippen molar-refractivity contribution in [3.05, 3.63) is 23.8 Å². The van der Waals surface area contributed by atoms with Crippen molar-refractivity contribution in [1.29, 1.82) is 0 Å². The number of hydrogen-bond donors (Lipinski definition) is 0. The summed E-state index contributed by atoms with van der Waals surface area (Å²) in [5.74, 6) is 1.69. The third kappa shape index (κ3) is 2.21. The molecule has 0 N–H and O–H groups in total. The predicted molar refractivity (Wildman–Crippen MR) is 50.5 cm³/mol. The second-order valence-corrected chi connectivity index (χ2v) is 3.74. The van der Waals surface area contributed by atoms with Gasteiger partial charge in [-0.05, 0) is 31.6 Å². The molecule has 62 valence electrons. The molecule has 0 heterocycles. The zero-order valence-electron chi connectivity index (χ0n) is 7.85. The molecule has 1 aliphatic rings. The molecule has 0 aromatic heterocycles. The first-order valence-corrected chi connectivity index (χ1v) is 4.51. The largest absolute Gasteiger partial charge is 0.0955 e. The first-order valence-electron chi connectivity index (χ1n) is 4.51. The summed E-state index contributed by atoms with van der Waals surface area (Å²) in [6.45, 7) is 10.7. The Morgan fingerprint density at radius 2 is 2.18 bits per heavy atom. The topological polar surface area (TPSA) is 0 Å². The van der Waals surface area contributed by atoms with Crippen LogP contribution in [-0.4, -0.2) is 0 Å². The maximum atomic E-state index is 4.08. The van der Waals surface area contributed by atoms with E-state index in [0.717, 1.165) is 18.3 Å². The third-order valence-electron chi connectivity index (χ3n) is 2.58. The fourth-order valence-electron chi connectivity index (χ4n) is 1.36. The average Bonchev–Trinajstić information content (AvgIpc) is 2.66. The summed E-state index contributed by atoms with van der Waals surface area (Å²) in [6.07, 6.45) is 4.76. The van der Waals surface area contributed by atoms with Gasteiger partial charge in [0.2, 0.25) is 0 Å². The molecule has 0 heteroatoms. The highest BCUT2D eigenvalue weighted by Crippen LogP contribution is 2.43. The zero-order valence-corrected chi connectivity index (χ0v) is 7.85. The monoisotopic (exact) mass is 150 g/mol. The zero-order chi connectivity index (χ0) is 8.43. The average molecular weight is 150 g/mol. The van der Waals surface area contributed by atoms with Crippen LogP contribution in [-0.2, 0) is 0 Å². The van der Waals surface area contributed by atoms with Crippen LogP contribution in [0.3, 0.4) is 0 Å². The fraction of sp³-hybridized carbons (Fsp3) is 0.636. The molecule has 0 nitrogen and oxygen atoms in total. The van der Waals surface area contributed by atoms with E-state index < -0.39 is 0 Å². The standard InChI is InChI=1S/C11H18/c1-5-8(2)6-9(3)11-7-10(11)4/h6,10-11H,3,5,7H2,1-2,4H3. The lowest BCUT2D eigenvalue weighted by Crippen LogP contribution is -1.82. The molecule has 0 saturated heterocycles. The van der Waals surface area contributed by atoms with Crippen molar-refractivity contribution in [3.63, 3.8) is 0 Å². The minimum absolute atomic E-state index is 0.802. The number of allylic oxidation sites excluding steroid dienone is 3. The van der Waals surface area contributed by atoms with Crippen LogP contribution in [0.1, 0.15) is 33.6 Å². The summed E-state index contributed by atoms with van der Waals surface area (Å²) in [4.78, 5) is 0. The van der Waals surface area contributed by atoms with Gasteiger partial charge in [0.05, 0.1) is 0 Å². The van der Waals surface area contributed by atoms with Gasteiger partial charge in [0, 0.05) is 0 Å². The predicted octanol–water partition coefficient (Wildman–Crippen LogP) is 3.55. The minimum atomic E-state index is 0.802. The highest BCUT2D eigenvalue weighted by molar-refractivity contribution is 5.26. The molecule has 0 aromatic rings. The Balaban J connectivity index is 2.43. The van der Waals surface area contributed by atoms with Gasteiger partial charge in [-0.25, -0.2) is 0 Å². The summed E-state index contributed by atoms with van der Waals surface area (Å²) >= 11 is 0. The smallest absolute Gasteiger partial charge is 0.0139 e. The SMILES string of the molecule is C=C(C=C(C)CC)C1CC1C. The Kier molecular flexibility index (Phi) is 2.53. The molecule has 0 aliphatic heterocycles. The van der Waals surface area contributed by atoms with Crippen molar-refractivity contribution in [2.24, 2.45) is 11.8 Å². The van der Waals surface area contributed by atoms with Gasteiger partial charge in [0.15, 0.2) is 0 Å². The summed E-state index contributed by atoms with van der Waals surface area (Å²) in [7, 11) is 0. The molecule has 0 radical (unpaired) electrons. The first kappa shape index (κ1) is 8.58. The van der Waals surface area contributed by atoms with Gasteiger partial charge in [-0.3, -0.25) is 0 Å². The Morgan fingerprint density at radius 3 is 2.55 bits per heavy atom. The molecule has 1 fully saturated rings. The van der Waals surface area contributed by atoms with E-state index in [0.29, 0.717) is 0 Å². The van der Waals surface area contributed by atoms with E-state index in [1.54, 1.807) is 0 Å². The quantitative estimate of drug-likeness (QED) is 0.540. The minimum Gasteiger partial charge on any atom is -0.0955 e. The lowest BCUT2D eigenvalue weighted by molar-refractivity contribution is 0.872. The van der Waals surface area contributed by atoms with E-state index in [1.165, 1.54) is 17.6 Å². The van der Waals surface area contributed by atoms with Gasteiger partial charge in [-0.1, -0.05) is 37.6 Å². The van der Waals surface area contributed by atoms with Gasteiger partial charge >= 0.3 is 0 Å². The van der Waals surface area contributed by atoms with Gasteiger partial charge < -0.3 is 0 Å². The Labute approximate surface area is 70.0 Å². The van der Waals surface area contributed by atoms with Gasteiger partial charge in [-0.15, -0.1) is 0 Å². The summed E-state index contributed by atoms with van der Waals surface area (Å²) in [6, 6.07) is 0. The van der Waals surface area contributed by atoms with E-state index in [9.17, 15) is 0 Å². The molecular formula is C11H18. The van der Waals surface area contributed by atoms with Crippen molar-refractivity contribution in [1.82, 2.24) is 0 Å². The fourth-order valence-corrected chi connectivity index (χ4v) is 1.36. The van der Waals surface area contributed by atoms with Crippen LogP contribution in [0.2, 0.25) is 0 Å². The Hall–Kier alpha value is -0.520. The van der Waals surface area contributed by atoms with Crippen LogP contribution in [0.15, 0.2) is 23.8 Å². The summed E-state index contributed by atoms with van der Waals surface area (Å²) in [5, 5.41) is 0. The van der Waals surface area contributed by atoms with Crippen molar-refractivity contribution in [2.75, 3.05) is 0 Å². The molecule has 0 aromatic carbocycles. The first-order chi connectivity index (χ1) is 5.15. The van der Waals surface area contributed by atoms with Crippen molar-refractivity contribution in [2.45, 2.75) is 33.6 Å². The van der Waals surface area contributed by atoms with E-state index in [4.69, 9.17) is 0 Å². The third-order valence-corrected chi connectivity index (χ3v) is 2.58. The summed E-state index contributed by atoms with van der Waals surface area (Å²) < 4.78 is 0. The molecule has 0 spiro atoms. The van der Waals surface area contributed by atoms with Crippen LogP contribution in [0, 0.1) is 11.8 Å². The van der Waals surface area contributed by atoms with Crippen LogP contribution in [0.25, 0.3) is 0 Å². The van der Waals surface area contributed by atoms with Gasteiger partial charge in [0.1, 0.15) is 0 Å². The number of hydrogen-bond acceptors (Lipinski definition) is 0. The maximum absolute atomic E-state index is 4.08. The van der Waals surface area contributed by atoms with E-state index in [-0.39, 0.29) is 0 Å². The highest BCUT2D eigenvalue weighted by Gasteiger charge is 2.33. The molecule has 2 unspecified atom stereocenters. The molecule has 0 bridgehead atoms. The molecule has 2 atom stereocenters. The normalized spacial score (nSPS) is 30.3. The molecule has 1 rings (SSSR count). The maximum Gasteiger partial charge on any atom is -0.0139 e. The molecule has 11 heavy (non-hydrogen) atoms. The lowest BCUT2D eigenvalue weighted by atomic mass is 10.1. The highest BCUT2D eigenvalue weighted by atomic mass is 14.4. The van der Waals surface area contributed by atoms with Crippen molar-refractivity contribution < 1.29 is 0 Å².